The third-order valence-corrected chi connectivity index (χ3v) is 5.04. The molecule has 0 spiro atoms. The fourth-order valence-corrected chi connectivity index (χ4v) is 3.31. The fourth-order valence-electron chi connectivity index (χ4n) is 2.55. The molecule has 0 saturated carbocycles. The van der Waals surface area contributed by atoms with E-state index >= 15 is 0 Å². The Morgan fingerprint density at radius 3 is 2.62 bits per heavy atom. The second-order valence-electron chi connectivity index (χ2n) is 5.67. The number of hydrogen-bond donors (Lipinski definition) is 1. The summed E-state index contributed by atoms with van der Waals surface area (Å²) in [5.74, 6) is 0.388. The molecule has 1 N–H and O–H groups in total. The van der Waals surface area contributed by atoms with Crippen LogP contribution in [0.4, 0.5) is 5.69 Å². The van der Waals surface area contributed by atoms with Crippen molar-refractivity contribution in [1.82, 2.24) is 4.98 Å². The minimum Gasteiger partial charge on any atom is -0.436 e. The first-order chi connectivity index (χ1) is 12.6. The topological polar surface area (TPSA) is 55.1 Å². The zero-order chi connectivity index (χ0) is 18.1. The molecular formula is C20H12BrIN2O2. The zero-order valence-corrected chi connectivity index (χ0v) is 17.1. The van der Waals surface area contributed by atoms with Crippen LogP contribution >= 0.6 is 38.5 Å². The van der Waals surface area contributed by atoms with E-state index in [1.54, 1.807) is 18.2 Å². The fraction of sp³-hybridized carbons (Fsp3) is 0. The van der Waals surface area contributed by atoms with Gasteiger partial charge in [-0.25, -0.2) is 4.98 Å². The van der Waals surface area contributed by atoms with Crippen LogP contribution in [0.3, 0.4) is 0 Å². The second-order valence-corrected chi connectivity index (χ2v) is 7.83. The highest BCUT2D eigenvalue weighted by molar-refractivity contribution is 14.1. The van der Waals surface area contributed by atoms with Gasteiger partial charge >= 0.3 is 0 Å². The number of halogens is 2. The first-order valence-electron chi connectivity index (χ1n) is 7.82. The predicted molar refractivity (Wildman–Crippen MR) is 114 cm³/mol. The molecule has 3 aromatic carbocycles. The lowest BCUT2D eigenvalue weighted by Gasteiger charge is -2.05. The number of rotatable bonds is 3. The molecule has 0 aliphatic rings. The highest BCUT2D eigenvalue weighted by Crippen LogP contribution is 2.27. The second kappa shape index (κ2) is 7.20. The maximum absolute atomic E-state index is 12.4. The summed E-state index contributed by atoms with van der Waals surface area (Å²) in [6.07, 6.45) is 0. The number of fused-ring (bicyclic) bond motifs is 1. The quantitative estimate of drug-likeness (QED) is 0.333. The monoisotopic (exact) mass is 518 g/mol. The van der Waals surface area contributed by atoms with Gasteiger partial charge in [0.25, 0.3) is 5.91 Å². The summed E-state index contributed by atoms with van der Waals surface area (Å²) in [6.45, 7) is 0. The number of amides is 1. The molecule has 1 aromatic heterocycles. The Morgan fingerprint density at radius 1 is 1.04 bits per heavy atom. The highest BCUT2D eigenvalue weighted by Gasteiger charge is 2.11. The summed E-state index contributed by atoms with van der Waals surface area (Å²) >= 11 is 5.63. The summed E-state index contributed by atoms with van der Waals surface area (Å²) < 4.78 is 7.84. The molecular weight excluding hydrogens is 507 g/mol. The molecule has 26 heavy (non-hydrogen) atoms. The Bertz CT molecular complexity index is 1110. The molecule has 0 aliphatic carbocycles. The van der Waals surface area contributed by atoms with Crippen molar-refractivity contribution in [2.75, 3.05) is 5.32 Å². The number of aromatic nitrogens is 1. The van der Waals surface area contributed by atoms with Crippen molar-refractivity contribution in [2.45, 2.75) is 0 Å². The van der Waals surface area contributed by atoms with E-state index in [4.69, 9.17) is 4.42 Å². The van der Waals surface area contributed by atoms with Crippen LogP contribution in [-0.2, 0) is 0 Å². The van der Waals surface area contributed by atoms with E-state index in [0.717, 1.165) is 13.6 Å². The lowest BCUT2D eigenvalue weighted by atomic mass is 10.2. The smallest absolute Gasteiger partial charge is 0.255 e. The maximum Gasteiger partial charge on any atom is 0.255 e. The summed E-state index contributed by atoms with van der Waals surface area (Å²) in [5, 5.41) is 2.89. The molecule has 4 aromatic rings. The van der Waals surface area contributed by atoms with Crippen molar-refractivity contribution in [2.24, 2.45) is 0 Å². The number of oxazole rings is 1. The molecule has 0 fully saturated rings. The Kier molecular flexibility index (Phi) is 4.78. The molecule has 0 aliphatic heterocycles. The van der Waals surface area contributed by atoms with E-state index in [0.29, 0.717) is 28.2 Å². The van der Waals surface area contributed by atoms with Gasteiger partial charge < -0.3 is 9.73 Å². The third kappa shape index (κ3) is 3.66. The molecule has 4 rings (SSSR count). The van der Waals surface area contributed by atoms with Gasteiger partial charge in [0.05, 0.1) is 0 Å². The van der Waals surface area contributed by atoms with E-state index in [9.17, 15) is 4.79 Å². The van der Waals surface area contributed by atoms with Crippen LogP contribution in [0.25, 0.3) is 22.6 Å². The summed E-state index contributed by atoms with van der Waals surface area (Å²) in [4.78, 5) is 16.9. The number of benzene rings is 3. The minimum absolute atomic E-state index is 0.174. The van der Waals surface area contributed by atoms with Crippen molar-refractivity contribution >= 4 is 61.2 Å². The normalized spacial score (nSPS) is 10.8. The van der Waals surface area contributed by atoms with Gasteiger partial charge in [0, 0.05) is 24.9 Å². The first-order valence-corrected chi connectivity index (χ1v) is 9.69. The zero-order valence-electron chi connectivity index (χ0n) is 13.4. The number of nitrogens with zero attached hydrogens (tertiary/aromatic N) is 1. The molecule has 0 atom stereocenters. The van der Waals surface area contributed by atoms with E-state index < -0.39 is 0 Å². The summed E-state index contributed by atoms with van der Waals surface area (Å²) in [7, 11) is 0. The van der Waals surface area contributed by atoms with Crippen LogP contribution < -0.4 is 5.32 Å². The molecule has 1 heterocycles. The minimum atomic E-state index is -0.174. The van der Waals surface area contributed by atoms with Gasteiger partial charge in [0.15, 0.2) is 5.58 Å². The van der Waals surface area contributed by atoms with Gasteiger partial charge in [0.1, 0.15) is 5.52 Å². The molecule has 4 nitrogen and oxygen atoms in total. The van der Waals surface area contributed by atoms with Crippen LogP contribution in [0.5, 0.6) is 0 Å². The van der Waals surface area contributed by atoms with E-state index in [-0.39, 0.29) is 5.91 Å². The Labute approximate surface area is 171 Å². The highest BCUT2D eigenvalue weighted by atomic mass is 127. The van der Waals surface area contributed by atoms with Crippen LogP contribution in [-0.4, -0.2) is 10.9 Å². The van der Waals surface area contributed by atoms with Crippen LogP contribution in [0.2, 0.25) is 0 Å². The Hall–Kier alpha value is -2.19. The van der Waals surface area contributed by atoms with Crippen molar-refractivity contribution in [3.63, 3.8) is 0 Å². The third-order valence-electron chi connectivity index (χ3n) is 3.82. The van der Waals surface area contributed by atoms with Gasteiger partial charge in [-0.05, 0) is 83.3 Å². The number of nitrogens with one attached hydrogen (secondary N) is 1. The number of carbonyl (C=O) groups is 1. The Morgan fingerprint density at radius 2 is 1.85 bits per heavy atom. The van der Waals surface area contributed by atoms with Crippen molar-refractivity contribution in [1.29, 1.82) is 0 Å². The number of hydrogen-bond acceptors (Lipinski definition) is 3. The van der Waals surface area contributed by atoms with Crippen LogP contribution in [0.1, 0.15) is 10.4 Å². The van der Waals surface area contributed by atoms with Crippen molar-refractivity contribution in [3.8, 4) is 11.5 Å². The van der Waals surface area contributed by atoms with Crippen LogP contribution in [0, 0.1) is 3.57 Å². The van der Waals surface area contributed by atoms with Crippen molar-refractivity contribution < 1.29 is 9.21 Å². The molecule has 128 valence electrons. The predicted octanol–water partition coefficient (Wildman–Crippen LogP) is 6.11. The van der Waals surface area contributed by atoms with Gasteiger partial charge in [-0.2, -0.15) is 0 Å². The largest absolute Gasteiger partial charge is 0.436 e. The maximum atomic E-state index is 12.4. The lowest BCUT2D eigenvalue weighted by molar-refractivity contribution is 0.102. The molecule has 0 bridgehead atoms. The number of carbonyl (C=O) groups excluding carboxylic acids is 1. The Balaban J connectivity index is 1.61. The molecule has 0 radical (unpaired) electrons. The molecule has 0 unspecified atom stereocenters. The van der Waals surface area contributed by atoms with E-state index in [1.165, 1.54) is 0 Å². The van der Waals surface area contributed by atoms with Gasteiger partial charge in [-0.3, -0.25) is 4.79 Å². The standard InChI is InChI=1S/C20H12BrIN2O2/c21-14-3-1-2-13(10-14)19(25)23-16-8-9-18-17(11-16)24-20(26-18)12-4-6-15(22)7-5-12/h1-11H,(H,23,25). The van der Waals surface area contributed by atoms with Crippen LogP contribution in [0.15, 0.2) is 75.6 Å². The summed E-state index contributed by atoms with van der Waals surface area (Å²) in [5.41, 5.74) is 3.55. The van der Waals surface area contributed by atoms with E-state index in [1.807, 2.05) is 48.5 Å². The van der Waals surface area contributed by atoms with Gasteiger partial charge in [-0.15, -0.1) is 0 Å². The van der Waals surface area contributed by atoms with E-state index in [2.05, 4.69) is 48.8 Å². The summed E-state index contributed by atoms with van der Waals surface area (Å²) in [6, 6.07) is 20.6. The molecule has 0 saturated heterocycles. The average Bonchev–Trinajstić information content (AvgIpc) is 3.05. The average molecular weight is 519 g/mol. The molecule has 6 heteroatoms. The number of anilines is 1. The first kappa shape index (κ1) is 17.2. The lowest BCUT2D eigenvalue weighted by Crippen LogP contribution is -2.11. The van der Waals surface area contributed by atoms with Gasteiger partial charge in [0.2, 0.25) is 5.89 Å². The van der Waals surface area contributed by atoms with Crippen molar-refractivity contribution in [3.05, 3.63) is 80.3 Å². The SMILES string of the molecule is O=C(Nc1ccc2oc(-c3ccc(I)cc3)nc2c1)c1cccc(Br)c1. The molecule has 1 amide bonds. The van der Waals surface area contributed by atoms with Gasteiger partial charge in [-0.1, -0.05) is 22.0 Å².